The topological polar surface area (TPSA) is 24.4 Å². The summed E-state index contributed by atoms with van der Waals surface area (Å²) >= 11 is 1.83. The van der Waals surface area contributed by atoms with Gasteiger partial charge in [-0.05, 0) is 49.9 Å². The molecular weight excluding hydrogens is 240 g/mol. The Morgan fingerprint density at radius 2 is 2.17 bits per heavy atom. The number of nitrogens with zero attached hydrogens (tertiary/aromatic N) is 1. The zero-order valence-electron chi connectivity index (χ0n) is 11.7. The van der Waals surface area contributed by atoms with Gasteiger partial charge in [0.25, 0.3) is 0 Å². The van der Waals surface area contributed by atoms with Crippen LogP contribution < -0.4 is 5.32 Å². The number of thioether (sulfide) groups is 1. The average molecular weight is 262 g/mol. The third-order valence-corrected chi connectivity index (χ3v) is 4.87. The van der Waals surface area contributed by atoms with Crippen LogP contribution >= 0.6 is 11.8 Å². The summed E-state index contributed by atoms with van der Waals surface area (Å²) in [4.78, 5) is 4.78. The van der Waals surface area contributed by atoms with Crippen LogP contribution in [0.2, 0.25) is 0 Å². The van der Waals surface area contributed by atoms with Crippen LogP contribution in [0.3, 0.4) is 0 Å². The molecule has 0 spiro atoms. The molecule has 1 N–H and O–H groups in total. The van der Waals surface area contributed by atoms with E-state index >= 15 is 0 Å². The maximum atomic E-state index is 4.78. The van der Waals surface area contributed by atoms with Crippen LogP contribution in [0.4, 0.5) is 5.69 Å². The molecule has 1 atom stereocenters. The first-order valence-electron chi connectivity index (χ1n) is 6.65. The fourth-order valence-electron chi connectivity index (χ4n) is 2.03. The lowest BCUT2D eigenvalue weighted by molar-refractivity contribution is 0.523. The smallest absolute Gasteiger partial charge is 0.161 e. The van der Waals surface area contributed by atoms with E-state index in [2.05, 4.69) is 51.2 Å². The first-order valence-corrected chi connectivity index (χ1v) is 7.64. The molecule has 98 valence electrons. The summed E-state index contributed by atoms with van der Waals surface area (Å²) < 4.78 is 0. The predicted octanol–water partition coefficient (Wildman–Crippen LogP) is 4.24. The third kappa shape index (κ3) is 2.89. The van der Waals surface area contributed by atoms with E-state index in [1.54, 1.807) is 0 Å². The van der Waals surface area contributed by atoms with Crippen molar-refractivity contribution in [2.75, 3.05) is 11.1 Å². The molecule has 3 heteroatoms. The number of aryl methyl sites for hydroxylation is 2. The van der Waals surface area contributed by atoms with E-state index < -0.39 is 0 Å². The number of amidine groups is 1. The zero-order chi connectivity index (χ0) is 13.2. The van der Waals surface area contributed by atoms with Gasteiger partial charge in [-0.15, -0.1) is 0 Å². The summed E-state index contributed by atoms with van der Waals surface area (Å²) in [5.41, 5.74) is 4.04. The number of hydrogen-bond donors (Lipinski definition) is 1. The van der Waals surface area contributed by atoms with Gasteiger partial charge in [0.1, 0.15) is 0 Å². The molecule has 1 heterocycles. The molecule has 1 unspecified atom stereocenters. The Morgan fingerprint density at radius 1 is 1.39 bits per heavy atom. The van der Waals surface area contributed by atoms with Gasteiger partial charge in [-0.25, -0.2) is 0 Å². The number of nitrogens with one attached hydrogen (secondary N) is 1. The van der Waals surface area contributed by atoms with Gasteiger partial charge in [0.2, 0.25) is 0 Å². The minimum absolute atomic E-state index is 0.116. The number of hydrogen-bond acceptors (Lipinski definition) is 3. The number of aliphatic imine (C=N–C) groups is 1. The summed E-state index contributed by atoms with van der Waals surface area (Å²) in [6, 6.07) is 6.56. The SMILES string of the molecule is CCc1cc(NC2=NC(C)(CC)CS2)ccc1C. The second-order valence-electron chi connectivity index (χ2n) is 5.18. The van der Waals surface area contributed by atoms with Crippen molar-refractivity contribution >= 4 is 22.6 Å². The normalized spacial score (nSPS) is 23.0. The molecule has 0 aliphatic carbocycles. The van der Waals surface area contributed by atoms with Crippen molar-refractivity contribution in [3.63, 3.8) is 0 Å². The van der Waals surface area contributed by atoms with E-state index in [9.17, 15) is 0 Å². The summed E-state index contributed by atoms with van der Waals surface area (Å²) in [5.74, 6) is 1.08. The fraction of sp³-hybridized carbons (Fsp3) is 0.533. The molecule has 1 aromatic carbocycles. The monoisotopic (exact) mass is 262 g/mol. The first-order chi connectivity index (χ1) is 8.56. The highest BCUT2D eigenvalue weighted by Gasteiger charge is 2.28. The van der Waals surface area contributed by atoms with E-state index in [4.69, 9.17) is 4.99 Å². The molecule has 18 heavy (non-hydrogen) atoms. The summed E-state index contributed by atoms with van der Waals surface area (Å²) in [6.45, 7) is 8.79. The zero-order valence-corrected chi connectivity index (χ0v) is 12.5. The molecule has 0 radical (unpaired) electrons. The minimum atomic E-state index is 0.116. The lowest BCUT2D eigenvalue weighted by atomic mass is 10.0. The Hall–Kier alpha value is -0.960. The van der Waals surface area contributed by atoms with Gasteiger partial charge in [-0.1, -0.05) is 31.7 Å². The molecule has 2 nitrogen and oxygen atoms in total. The molecule has 0 aromatic heterocycles. The van der Waals surface area contributed by atoms with Crippen molar-refractivity contribution in [2.45, 2.75) is 46.1 Å². The van der Waals surface area contributed by atoms with Crippen LogP contribution in [-0.4, -0.2) is 16.5 Å². The van der Waals surface area contributed by atoms with Gasteiger partial charge in [0.05, 0.1) is 5.54 Å². The number of anilines is 1. The van der Waals surface area contributed by atoms with Crippen LogP contribution in [0.1, 0.15) is 38.3 Å². The van der Waals surface area contributed by atoms with Crippen molar-refractivity contribution in [3.05, 3.63) is 29.3 Å². The Labute approximate surface area is 114 Å². The largest absolute Gasteiger partial charge is 0.335 e. The predicted molar refractivity (Wildman–Crippen MR) is 82.8 cm³/mol. The van der Waals surface area contributed by atoms with Crippen molar-refractivity contribution in [2.24, 2.45) is 4.99 Å². The highest BCUT2D eigenvalue weighted by molar-refractivity contribution is 8.14. The molecule has 2 rings (SSSR count). The lowest BCUT2D eigenvalue weighted by Crippen LogP contribution is -2.20. The van der Waals surface area contributed by atoms with Crippen LogP contribution in [0.15, 0.2) is 23.2 Å². The first kappa shape index (κ1) is 13.5. The van der Waals surface area contributed by atoms with Crippen molar-refractivity contribution in [3.8, 4) is 0 Å². The van der Waals surface area contributed by atoms with Gasteiger partial charge in [-0.3, -0.25) is 4.99 Å². The lowest BCUT2D eigenvalue weighted by Gasteiger charge is -2.15. The van der Waals surface area contributed by atoms with Crippen molar-refractivity contribution < 1.29 is 0 Å². The van der Waals surface area contributed by atoms with Crippen molar-refractivity contribution in [1.82, 2.24) is 0 Å². The molecule has 1 aromatic rings. The highest BCUT2D eigenvalue weighted by atomic mass is 32.2. The minimum Gasteiger partial charge on any atom is -0.335 e. The molecule has 0 bridgehead atoms. The van der Waals surface area contributed by atoms with Crippen LogP contribution in [0.25, 0.3) is 0 Å². The molecular formula is C15H22N2S. The average Bonchev–Trinajstić information content (AvgIpc) is 2.74. The van der Waals surface area contributed by atoms with E-state index in [0.717, 1.165) is 29.4 Å². The van der Waals surface area contributed by atoms with Gasteiger partial charge in [0.15, 0.2) is 5.17 Å². The Balaban J connectivity index is 2.13. The number of rotatable bonds is 3. The maximum Gasteiger partial charge on any atom is 0.161 e. The van der Waals surface area contributed by atoms with E-state index in [-0.39, 0.29) is 5.54 Å². The molecule has 1 aliphatic heterocycles. The third-order valence-electron chi connectivity index (χ3n) is 3.63. The van der Waals surface area contributed by atoms with Crippen LogP contribution in [-0.2, 0) is 6.42 Å². The Kier molecular flexibility index (Phi) is 4.00. The van der Waals surface area contributed by atoms with E-state index in [1.807, 2.05) is 11.8 Å². The van der Waals surface area contributed by atoms with Gasteiger partial charge in [0, 0.05) is 11.4 Å². The Bertz CT molecular complexity index is 468. The summed E-state index contributed by atoms with van der Waals surface area (Å²) in [5, 5.41) is 4.51. The summed E-state index contributed by atoms with van der Waals surface area (Å²) in [6.07, 6.45) is 2.17. The van der Waals surface area contributed by atoms with Crippen LogP contribution in [0.5, 0.6) is 0 Å². The maximum absolute atomic E-state index is 4.78. The quantitative estimate of drug-likeness (QED) is 0.881. The highest BCUT2D eigenvalue weighted by Crippen LogP contribution is 2.31. The number of benzene rings is 1. The molecule has 0 amide bonds. The molecule has 1 aliphatic rings. The Morgan fingerprint density at radius 3 is 2.78 bits per heavy atom. The molecule has 0 saturated heterocycles. The van der Waals surface area contributed by atoms with Gasteiger partial charge in [-0.2, -0.15) is 0 Å². The second kappa shape index (κ2) is 5.35. The molecule has 0 saturated carbocycles. The van der Waals surface area contributed by atoms with Gasteiger partial charge >= 0.3 is 0 Å². The van der Waals surface area contributed by atoms with Crippen LogP contribution in [0, 0.1) is 6.92 Å². The second-order valence-corrected chi connectivity index (χ2v) is 6.14. The fourth-order valence-corrected chi connectivity index (χ4v) is 3.22. The van der Waals surface area contributed by atoms with Gasteiger partial charge < -0.3 is 5.32 Å². The van der Waals surface area contributed by atoms with E-state index in [0.29, 0.717) is 0 Å². The standard InChI is InChI=1S/C15H22N2S/c1-5-12-9-13(8-7-11(12)3)16-14-17-15(4,6-2)10-18-14/h7-9H,5-6,10H2,1-4H3,(H,16,17). The molecule has 0 fully saturated rings. The van der Waals surface area contributed by atoms with E-state index in [1.165, 1.54) is 11.1 Å². The van der Waals surface area contributed by atoms with Crippen molar-refractivity contribution in [1.29, 1.82) is 0 Å². The summed E-state index contributed by atoms with van der Waals surface area (Å²) in [7, 11) is 0.